The Kier molecular flexibility index (Phi) is 4.33. The molecule has 0 aliphatic rings. The molecule has 0 bridgehead atoms. The summed E-state index contributed by atoms with van der Waals surface area (Å²) in [5.41, 5.74) is 1.46. The van der Waals surface area contributed by atoms with Gasteiger partial charge in [0.1, 0.15) is 5.82 Å². The molecule has 22 heavy (non-hydrogen) atoms. The molecule has 0 atom stereocenters. The van der Waals surface area contributed by atoms with Gasteiger partial charge in [0.05, 0.1) is 18.2 Å². The van der Waals surface area contributed by atoms with Crippen molar-refractivity contribution in [2.24, 2.45) is 0 Å². The van der Waals surface area contributed by atoms with Gasteiger partial charge in [-0.05, 0) is 30.7 Å². The molecule has 2 aromatic heterocycles. The highest BCUT2D eigenvalue weighted by atomic mass is 19.1. The van der Waals surface area contributed by atoms with Gasteiger partial charge in [-0.15, -0.1) is 5.10 Å². The fraction of sp³-hybridized carbons (Fsp3) is 0.200. The van der Waals surface area contributed by atoms with Crippen LogP contribution in [-0.4, -0.2) is 31.3 Å². The first-order chi connectivity index (χ1) is 10.8. The lowest BCUT2D eigenvalue weighted by atomic mass is 10.2. The monoisotopic (exact) mass is 298 g/mol. The molecule has 0 radical (unpaired) electrons. The average Bonchev–Trinajstić information content (AvgIpc) is 3.06. The van der Waals surface area contributed by atoms with Gasteiger partial charge in [-0.3, -0.25) is 0 Å². The lowest BCUT2D eigenvalue weighted by Gasteiger charge is -2.06. The predicted molar refractivity (Wildman–Crippen MR) is 80.6 cm³/mol. The van der Waals surface area contributed by atoms with Crippen LogP contribution in [0.2, 0.25) is 0 Å². The zero-order valence-electron chi connectivity index (χ0n) is 11.9. The van der Waals surface area contributed by atoms with E-state index < -0.39 is 0 Å². The molecular weight excluding hydrogens is 283 g/mol. The highest BCUT2D eigenvalue weighted by molar-refractivity contribution is 5.58. The van der Waals surface area contributed by atoms with Crippen LogP contribution in [0, 0.1) is 5.82 Å². The minimum atomic E-state index is -0.274. The lowest BCUT2D eigenvalue weighted by Crippen LogP contribution is -2.09. The fourth-order valence-corrected chi connectivity index (χ4v) is 2.02. The van der Waals surface area contributed by atoms with Crippen LogP contribution in [0.1, 0.15) is 6.42 Å². The first kappa shape index (κ1) is 14.1. The number of rotatable bonds is 6. The highest BCUT2D eigenvalue weighted by Crippen LogP contribution is 2.16. The highest BCUT2D eigenvalue weighted by Gasteiger charge is 2.03. The van der Waals surface area contributed by atoms with Crippen molar-refractivity contribution < 1.29 is 4.39 Å². The van der Waals surface area contributed by atoms with Gasteiger partial charge >= 0.3 is 0 Å². The molecule has 0 amide bonds. The normalized spacial score (nSPS) is 10.6. The molecule has 0 fully saturated rings. The Labute approximate surface area is 127 Å². The Bertz CT molecular complexity index is 711. The molecule has 3 rings (SSSR count). The molecule has 0 spiro atoms. The summed E-state index contributed by atoms with van der Waals surface area (Å²) in [4.78, 5) is 8.37. The van der Waals surface area contributed by atoms with Crippen molar-refractivity contribution in [1.29, 1.82) is 0 Å². The molecule has 3 aromatic rings. The van der Waals surface area contributed by atoms with E-state index in [1.165, 1.54) is 12.1 Å². The first-order valence-corrected chi connectivity index (χ1v) is 6.96. The maximum absolute atomic E-state index is 12.9. The summed E-state index contributed by atoms with van der Waals surface area (Å²) < 4.78 is 14.9. The molecule has 7 heteroatoms. The molecule has 0 saturated heterocycles. The van der Waals surface area contributed by atoms with Crippen LogP contribution in [0.5, 0.6) is 0 Å². The van der Waals surface area contributed by atoms with Gasteiger partial charge in [0, 0.05) is 31.0 Å². The first-order valence-electron chi connectivity index (χ1n) is 6.96. The van der Waals surface area contributed by atoms with Gasteiger partial charge in [-0.1, -0.05) is 0 Å². The molecule has 0 unspecified atom stereocenters. The summed E-state index contributed by atoms with van der Waals surface area (Å²) in [7, 11) is 0. The van der Waals surface area contributed by atoms with Crippen molar-refractivity contribution >= 4 is 5.95 Å². The zero-order chi connectivity index (χ0) is 15.2. The minimum Gasteiger partial charge on any atom is -0.353 e. The SMILES string of the molecule is Fc1ccc(-c2cnnc(NCCCn3ccnc3)n2)cc1. The van der Waals surface area contributed by atoms with E-state index in [9.17, 15) is 4.39 Å². The molecule has 1 N–H and O–H groups in total. The van der Waals surface area contributed by atoms with Crippen LogP contribution in [0.15, 0.2) is 49.2 Å². The van der Waals surface area contributed by atoms with E-state index in [1.807, 2.05) is 10.8 Å². The number of aromatic nitrogens is 5. The van der Waals surface area contributed by atoms with Crippen LogP contribution in [0.4, 0.5) is 10.3 Å². The third-order valence-corrected chi connectivity index (χ3v) is 3.13. The van der Waals surface area contributed by atoms with Gasteiger partial charge in [0.2, 0.25) is 5.95 Å². The summed E-state index contributed by atoms with van der Waals surface area (Å²) in [6.45, 7) is 1.60. The molecule has 0 saturated carbocycles. The summed E-state index contributed by atoms with van der Waals surface area (Å²) in [5.74, 6) is 0.191. The van der Waals surface area contributed by atoms with Gasteiger partial charge in [0.15, 0.2) is 0 Å². The zero-order valence-corrected chi connectivity index (χ0v) is 11.9. The van der Waals surface area contributed by atoms with E-state index in [0.29, 0.717) is 11.6 Å². The maximum atomic E-state index is 12.9. The molecule has 0 aliphatic carbocycles. The van der Waals surface area contributed by atoms with Crippen molar-refractivity contribution in [2.75, 3.05) is 11.9 Å². The Balaban J connectivity index is 1.58. The second-order valence-electron chi connectivity index (χ2n) is 4.75. The van der Waals surface area contributed by atoms with Gasteiger partial charge in [-0.2, -0.15) is 5.10 Å². The number of aryl methyl sites for hydroxylation is 1. The number of hydrogen-bond donors (Lipinski definition) is 1. The van der Waals surface area contributed by atoms with Crippen LogP contribution >= 0.6 is 0 Å². The van der Waals surface area contributed by atoms with Crippen molar-refractivity contribution in [3.05, 3.63) is 55.0 Å². The number of halogens is 1. The van der Waals surface area contributed by atoms with E-state index in [4.69, 9.17) is 0 Å². The van der Waals surface area contributed by atoms with Crippen molar-refractivity contribution in [3.63, 3.8) is 0 Å². The van der Waals surface area contributed by atoms with Crippen LogP contribution in [0.3, 0.4) is 0 Å². The predicted octanol–water partition coefficient (Wildman–Crippen LogP) is 2.38. The second kappa shape index (κ2) is 6.75. The van der Waals surface area contributed by atoms with Crippen molar-refractivity contribution in [3.8, 4) is 11.3 Å². The minimum absolute atomic E-state index is 0.274. The second-order valence-corrected chi connectivity index (χ2v) is 4.75. The quantitative estimate of drug-likeness (QED) is 0.708. The summed E-state index contributed by atoms with van der Waals surface area (Å²) in [6.07, 6.45) is 7.94. The Hall–Kier alpha value is -2.83. The molecule has 0 aliphatic heterocycles. The number of anilines is 1. The van der Waals surface area contributed by atoms with Gasteiger partial charge < -0.3 is 9.88 Å². The van der Waals surface area contributed by atoms with Crippen LogP contribution in [-0.2, 0) is 6.54 Å². The largest absolute Gasteiger partial charge is 0.353 e. The Morgan fingerprint density at radius 2 is 2.05 bits per heavy atom. The van der Waals surface area contributed by atoms with E-state index in [2.05, 4.69) is 25.5 Å². The topological polar surface area (TPSA) is 68.5 Å². The van der Waals surface area contributed by atoms with E-state index in [-0.39, 0.29) is 5.82 Å². The molecule has 2 heterocycles. The lowest BCUT2D eigenvalue weighted by molar-refractivity contribution is 0.628. The molecule has 1 aromatic carbocycles. The number of nitrogens with zero attached hydrogens (tertiary/aromatic N) is 5. The van der Waals surface area contributed by atoms with E-state index >= 15 is 0 Å². The fourth-order valence-electron chi connectivity index (χ4n) is 2.02. The van der Waals surface area contributed by atoms with Crippen molar-refractivity contribution in [1.82, 2.24) is 24.7 Å². The van der Waals surface area contributed by atoms with E-state index in [0.717, 1.165) is 25.1 Å². The number of nitrogens with one attached hydrogen (secondary N) is 1. The summed E-state index contributed by atoms with van der Waals surface area (Å²) in [6, 6.07) is 6.13. The smallest absolute Gasteiger partial charge is 0.243 e. The maximum Gasteiger partial charge on any atom is 0.243 e. The van der Waals surface area contributed by atoms with Gasteiger partial charge in [-0.25, -0.2) is 14.4 Å². The third-order valence-electron chi connectivity index (χ3n) is 3.13. The Morgan fingerprint density at radius 3 is 2.82 bits per heavy atom. The number of hydrogen-bond acceptors (Lipinski definition) is 5. The summed E-state index contributed by atoms with van der Waals surface area (Å²) in [5, 5.41) is 11.0. The Morgan fingerprint density at radius 1 is 1.18 bits per heavy atom. The number of benzene rings is 1. The average molecular weight is 298 g/mol. The standard InChI is InChI=1S/C15H15FN6/c16-13-4-2-12(3-5-13)14-10-19-21-15(20-14)18-6-1-8-22-9-7-17-11-22/h2-5,7,9-11H,1,6,8H2,(H,18,20,21). The molecule has 6 nitrogen and oxygen atoms in total. The molecule has 112 valence electrons. The van der Waals surface area contributed by atoms with Crippen molar-refractivity contribution in [2.45, 2.75) is 13.0 Å². The number of imidazole rings is 1. The summed E-state index contributed by atoms with van der Waals surface area (Å²) >= 11 is 0. The van der Waals surface area contributed by atoms with Gasteiger partial charge in [0.25, 0.3) is 0 Å². The van der Waals surface area contributed by atoms with E-state index in [1.54, 1.807) is 30.9 Å². The third kappa shape index (κ3) is 3.63. The van der Waals surface area contributed by atoms with Crippen LogP contribution in [0.25, 0.3) is 11.3 Å². The van der Waals surface area contributed by atoms with Crippen LogP contribution < -0.4 is 5.32 Å². The molecular formula is C15H15FN6.